The Morgan fingerprint density at radius 3 is 2.67 bits per heavy atom. The molecule has 0 saturated heterocycles. The number of pyridine rings is 1. The van der Waals surface area contributed by atoms with E-state index in [0.717, 1.165) is 6.07 Å². The number of nitrogens with zero attached hydrogens (tertiary/aromatic N) is 3. The highest BCUT2D eigenvalue weighted by Crippen LogP contribution is 2.19. The Balaban J connectivity index is 2.91. The molecule has 1 rings (SSSR count). The Morgan fingerprint density at radius 1 is 1.56 bits per heavy atom. The second-order valence-electron chi connectivity index (χ2n) is 3.99. The number of nitrogens with one attached hydrogen (secondary N) is 1. The highest BCUT2D eigenvalue weighted by Gasteiger charge is 2.17. The molecule has 3 N–H and O–H groups in total. The third-order valence-electron chi connectivity index (χ3n) is 2.22. The first-order chi connectivity index (χ1) is 8.31. The first kappa shape index (κ1) is 13.7. The van der Waals surface area contributed by atoms with E-state index in [1.807, 2.05) is 0 Å². The maximum atomic E-state index is 11.6. The molecular weight excluding hydrogens is 238 g/mol. The maximum absolute atomic E-state index is 11.6. The van der Waals surface area contributed by atoms with E-state index >= 15 is 0 Å². The second-order valence-corrected chi connectivity index (χ2v) is 3.99. The monoisotopic (exact) mass is 253 g/mol. The smallest absolute Gasteiger partial charge is 0.276 e. The summed E-state index contributed by atoms with van der Waals surface area (Å²) in [4.78, 5) is 27.0. The number of carbonyl (C=O) groups excluding carboxylic acids is 1. The van der Waals surface area contributed by atoms with E-state index in [9.17, 15) is 14.9 Å². The van der Waals surface area contributed by atoms with Crippen LogP contribution in [0.5, 0.6) is 0 Å². The lowest BCUT2D eigenvalue weighted by atomic mass is 10.3. The van der Waals surface area contributed by atoms with Crippen LogP contribution in [0, 0.1) is 10.1 Å². The van der Waals surface area contributed by atoms with E-state index in [2.05, 4.69) is 10.3 Å². The number of aromatic nitrogens is 1. The number of hydrogen-bond donors (Lipinski definition) is 2. The van der Waals surface area contributed by atoms with Crippen LogP contribution in [0.15, 0.2) is 12.1 Å². The SMILES string of the molecule is CC(Nc1cc([N+](=O)[O-])cc(N)n1)C(=O)N(C)C. The number of likely N-dealkylation sites (N-methyl/N-ethyl adjacent to an activating group) is 1. The average molecular weight is 253 g/mol. The molecule has 18 heavy (non-hydrogen) atoms. The van der Waals surface area contributed by atoms with Gasteiger partial charge in [0.05, 0.1) is 17.1 Å². The molecule has 0 saturated carbocycles. The summed E-state index contributed by atoms with van der Waals surface area (Å²) in [7, 11) is 3.24. The lowest BCUT2D eigenvalue weighted by Gasteiger charge is -2.18. The number of nitro groups is 1. The molecule has 0 spiro atoms. The second kappa shape index (κ2) is 5.30. The Kier molecular flexibility index (Phi) is 4.03. The molecule has 98 valence electrons. The van der Waals surface area contributed by atoms with Crippen LogP contribution in [0.3, 0.4) is 0 Å². The normalized spacial score (nSPS) is 11.7. The minimum absolute atomic E-state index is 0.0243. The van der Waals surface area contributed by atoms with Gasteiger partial charge >= 0.3 is 0 Å². The van der Waals surface area contributed by atoms with Crippen molar-refractivity contribution in [1.82, 2.24) is 9.88 Å². The number of hydrogen-bond acceptors (Lipinski definition) is 6. The van der Waals surface area contributed by atoms with Gasteiger partial charge in [-0.3, -0.25) is 14.9 Å². The van der Waals surface area contributed by atoms with Crippen LogP contribution in [0.1, 0.15) is 6.92 Å². The quantitative estimate of drug-likeness (QED) is 0.595. The predicted octanol–water partition coefficient (Wildman–Crippen LogP) is 0.461. The Bertz CT molecular complexity index is 475. The van der Waals surface area contributed by atoms with E-state index in [1.54, 1.807) is 21.0 Å². The van der Waals surface area contributed by atoms with Crippen molar-refractivity contribution in [2.75, 3.05) is 25.1 Å². The van der Waals surface area contributed by atoms with Crippen molar-refractivity contribution < 1.29 is 9.72 Å². The van der Waals surface area contributed by atoms with Crippen LogP contribution >= 0.6 is 0 Å². The largest absolute Gasteiger partial charge is 0.383 e. The lowest BCUT2D eigenvalue weighted by Crippen LogP contribution is -2.36. The Labute approximate surface area is 104 Å². The summed E-state index contributed by atoms with van der Waals surface area (Å²) in [6.45, 7) is 1.64. The molecule has 0 aliphatic carbocycles. The summed E-state index contributed by atoms with van der Waals surface area (Å²) >= 11 is 0. The lowest BCUT2D eigenvalue weighted by molar-refractivity contribution is -0.384. The van der Waals surface area contributed by atoms with Gasteiger partial charge in [-0.05, 0) is 6.92 Å². The van der Waals surface area contributed by atoms with Crippen molar-refractivity contribution in [1.29, 1.82) is 0 Å². The van der Waals surface area contributed by atoms with Gasteiger partial charge in [-0.25, -0.2) is 4.98 Å². The van der Waals surface area contributed by atoms with Gasteiger partial charge in [0.15, 0.2) is 0 Å². The molecule has 0 aromatic carbocycles. The molecule has 0 bridgehead atoms. The summed E-state index contributed by atoms with van der Waals surface area (Å²) in [5.74, 6) is 0.0579. The van der Waals surface area contributed by atoms with Crippen molar-refractivity contribution in [3.63, 3.8) is 0 Å². The molecule has 0 aliphatic heterocycles. The van der Waals surface area contributed by atoms with Crippen molar-refractivity contribution >= 4 is 23.2 Å². The number of nitrogens with two attached hydrogens (primary N) is 1. The van der Waals surface area contributed by atoms with Crippen LogP contribution in [0.2, 0.25) is 0 Å². The molecular formula is C10H15N5O3. The molecule has 1 aromatic heterocycles. The molecule has 1 heterocycles. The van der Waals surface area contributed by atoms with Crippen LogP contribution in [-0.4, -0.2) is 40.9 Å². The fraction of sp³-hybridized carbons (Fsp3) is 0.400. The molecule has 1 unspecified atom stereocenters. The van der Waals surface area contributed by atoms with E-state index in [0.29, 0.717) is 0 Å². The van der Waals surface area contributed by atoms with Gasteiger partial charge in [-0.1, -0.05) is 0 Å². The molecule has 1 amide bonds. The fourth-order valence-corrected chi connectivity index (χ4v) is 1.39. The van der Waals surface area contributed by atoms with Crippen molar-refractivity contribution in [2.45, 2.75) is 13.0 Å². The van der Waals surface area contributed by atoms with E-state index < -0.39 is 11.0 Å². The van der Waals surface area contributed by atoms with Crippen molar-refractivity contribution in [3.8, 4) is 0 Å². The van der Waals surface area contributed by atoms with Crippen LogP contribution in [0.4, 0.5) is 17.3 Å². The third-order valence-corrected chi connectivity index (χ3v) is 2.22. The van der Waals surface area contributed by atoms with Crippen LogP contribution < -0.4 is 11.1 Å². The zero-order chi connectivity index (χ0) is 13.9. The average Bonchev–Trinajstić information content (AvgIpc) is 2.26. The fourth-order valence-electron chi connectivity index (χ4n) is 1.39. The van der Waals surface area contributed by atoms with Gasteiger partial charge in [0.2, 0.25) is 5.91 Å². The summed E-state index contributed by atoms with van der Waals surface area (Å²) in [5.41, 5.74) is 5.29. The molecule has 8 heteroatoms. The van der Waals surface area contributed by atoms with Gasteiger partial charge in [0, 0.05) is 14.1 Å². The first-order valence-corrected chi connectivity index (χ1v) is 5.21. The van der Waals surface area contributed by atoms with Gasteiger partial charge < -0.3 is 16.0 Å². The molecule has 1 atom stereocenters. The predicted molar refractivity (Wildman–Crippen MR) is 67.1 cm³/mol. The Morgan fingerprint density at radius 2 is 2.17 bits per heavy atom. The zero-order valence-corrected chi connectivity index (χ0v) is 10.4. The number of anilines is 2. The van der Waals surface area contributed by atoms with Gasteiger partial charge in [-0.2, -0.15) is 0 Å². The number of amides is 1. The molecule has 0 aliphatic rings. The maximum Gasteiger partial charge on any atom is 0.276 e. The van der Waals surface area contributed by atoms with Gasteiger partial charge in [0.25, 0.3) is 5.69 Å². The first-order valence-electron chi connectivity index (χ1n) is 5.21. The minimum Gasteiger partial charge on any atom is -0.383 e. The topological polar surface area (TPSA) is 114 Å². The third kappa shape index (κ3) is 3.30. The zero-order valence-electron chi connectivity index (χ0n) is 10.4. The summed E-state index contributed by atoms with van der Waals surface area (Å²) < 4.78 is 0. The number of rotatable bonds is 4. The molecule has 8 nitrogen and oxygen atoms in total. The molecule has 0 radical (unpaired) electrons. The standard InChI is InChI=1S/C10H15N5O3/c1-6(10(16)14(2)3)12-9-5-7(15(17)18)4-8(11)13-9/h4-6H,1-3H3,(H3,11,12,13). The van der Waals surface area contributed by atoms with Crippen LogP contribution in [0.25, 0.3) is 0 Å². The summed E-state index contributed by atoms with van der Waals surface area (Å²) in [5, 5.41) is 13.4. The number of carbonyl (C=O) groups is 1. The van der Waals surface area contributed by atoms with Gasteiger partial charge in [-0.15, -0.1) is 0 Å². The van der Waals surface area contributed by atoms with E-state index in [4.69, 9.17) is 5.73 Å². The van der Waals surface area contributed by atoms with E-state index in [-0.39, 0.29) is 23.2 Å². The summed E-state index contributed by atoms with van der Waals surface area (Å²) in [6.07, 6.45) is 0. The summed E-state index contributed by atoms with van der Waals surface area (Å²) in [6, 6.07) is 1.84. The molecule has 0 fully saturated rings. The minimum atomic E-state index is -0.568. The highest BCUT2D eigenvalue weighted by molar-refractivity contribution is 5.83. The number of nitrogen functional groups attached to an aromatic ring is 1. The van der Waals surface area contributed by atoms with Crippen molar-refractivity contribution in [3.05, 3.63) is 22.2 Å². The van der Waals surface area contributed by atoms with E-state index in [1.165, 1.54) is 11.0 Å². The van der Waals surface area contributed by atoms with Crippen LogP contribution in [-0.2, 0) is 4.79 Å². The Hall–Kier alpha value is -2.38. The van der Waals surface area contributed by atoms with Gasteiger partial charge in [0.1, 0.15) is 17.7 Å². The molecule has 1 aromatic rings. The highest BCUT2D eigenvalue weighted by atomic mass is 16.6. The van der Waals surface area contributed by atoms with Crippen molar-refractivity contribution in [2.24, 2.45) is 0 Å².